The van der Waals surface area contributed by atoms with Gasteiger partial charge in [-0.2, -0.15) is 5.43 Å². The fourth-order valence-corrected chi connectivity index (χ4v) is 3.06. The van der Waals surface area contributed by atoms with Crippen molar-refractivity contribution in [3.63, 3.8) is 0 Å². The highest BCUT2D eigenvalue weighted by Gasteiger charge is 2.13. The fraction of sp³-hybridized carbons (Fsp3) is 0.200. The second-order valence-electron chi connectivity index (χ2n) is 4.51. The number of halogens is 3. The Kier molecular flexibility index (Phi) is 6.95. The van der Waals surface area contributed by atoms with Gasteiger partial charge in [0.25, 0.3) is 6.41 Å². The SMILES string of the molecule is COc1ccc(CNNC(O)Oc2c(Cl)cc(Br)cc2Cl)cc1. The number of methoxy groups -OCH3 is 1. The van der Waals surface area contributed by atoms with Gasteiger partial charge in [0, 0.05) is 11.0 Å². The highest BCUT2D eigenvalue weighted by molar-refractivity contribution is 9.10. The molecule has 3 N–H and O–H groups in total. The summed E-state index contributed by atoms with van der Waals surface area (Å²) in [6.45, 7) is 0.478. The minimum atomic E-state index is -1.32. The second kappa shape index (κ2) is 8.73. The maximum Gasteiger partial charge on any atom is 0.269 e. The van der Waals surface area contributed by atoms with Crippen molar-refractivity contribution >= 4 is 39.1 Å². The standard InChI is InChI=1S/C15H15BrCl2N2O3/c1-22-11-4-2-9(3-5-11)8-19-20-15(21)23-14-12(17)6-10(16)7-13(14)18/h2-7,15,19-21H,8H2,1H3. The summed E-state index contributed by atoms with van der Waals surface area (Å²) in [7, 11) is 1.61. The van der Waals surface area contributed by atoms with Crippen molar-refractivity contribution in [1.82, 2.24) is 10.9 Å². The number of rotatable bonds is 7. The molecule has 0 radical (unpaired) electrons. The van der Waals surface area contributed by atoms with Crippen LogP contribution >= 0.6 is 39.1 Å². The van der Waals surface area contributed by atoms with Gasteiger partial charge in [0.2, 0.25) is 0 Å². The van der Waals surface area contributed by atoms with Crippen LogP contribution in [0.25, 0.3) is 0 Å². The van der Waals surface area contributed by atoms with Crippen LogP contribution in [0, 0.1) is 0 Å². The Morgan fingerprint density at radius 1 is 1.17 bits per heavy atom. The van der Waals surface area contributed by atoms with E-state index in [0.717, 1.165) is 15.8 Å². The zero-order chi connectivity index (χ0) is 16.8. The predicted octanol–water partition coefficient (Wildman–Crippen LogP) is 3.71. The molecule has 0 bridgehead atoms. The molecule has 8 heteroatoms. The molecule has 0 aliphatic heterocycles. The van der Waals surface area contributed by atoms with Gasteiger partial charge in [-0.05, 0) is 29.8 Å². The molecular weight excluding hydrogens is 407 g/mol. The van der Waals surface area contributed by atoms with Crippen molar-refractivity contribution in [3.8, 4) is 11.5 Å². The Bertz CT molecular complexity index is 633. The van der Waals surface area contributed by atoms with Gasteiger partial charge in [-0.15, -0.1) is 0 Å². The van der Waals surface area contributed by atoms with Crippen LogP contribution in [-0.4, -0.2) is 18.6 Å². The molecule has 0 amide bonds. The lowest BCUT2D eigenvalue weighted by Crippen LogP contribution is -2.43. The maximum absolute atomic E-state index is 9.84. The highest BCUT2D eigenvalue weighted by atomic mass is 79.9. The summed E-state index contributed by atoms with van der Waals surface area (Å²) in [5.74, 6) is 0.979. The van der Waals surface area contributed by atoms with E-state index in [-0.39, 0.29) is 5.75 Å². The molecule has 0 aromatic heterocycles. The third kappa shape index (κ3) is 5.53. The van der Waals surface area contributed by atoms with Crippen molar-refractivity contribution in [3.05, 3.63) is 56.5 Å². The molecule has 0 heterocycles. The quantitative estimate of drug-likeness (QED) is 0.469. The van der Waals surface area contributed by atoms with Crippen LogP contribution in [0.3, 0.4) is 0 Å². The number of hydrazine groups is 1. The molecule has 0 fully saturated rings. The fourth-order valence-electron chi connectivity index (χ4n) is 1.77. The minimum absolute atomic E-state index is 0.197. The molecule has 2 aromatic carbocycles. The van der Waals surface area contributed by atoms with E-state index in [1.807, 2.05) is 24.3 Å². The third-order valence-corrected chi connectivity index (χ3v) is 3.89. The number of hydrogen-bond donors (Lipinski definition) is 3. The van der Waals surface area contributed by atoms with Crippen molar-refractivity contribution in [1.29, 1.82) is 0 Å². The summed E-state index contributed by atoms with van der Waals surface area (Å²) in [6.07, 6.45) is -1.32. The predicted molar refractivity (Wildman–Crippen MR) is 93.8 cm³/mol. The first kappa shape index (κ1) is 18.3. The molecule has 124 valence electrons. The molecule has 0 saturated heterocycles. The minimum Gasteiger partial charge on any atom is -0.497 e. The molecule has 0 spiro atoms. The first-order chi connectivity index (χ1) is 11.0. The Hall–Kier alpha value is -1.02. The number of ether oxygens (including phenoxy) is 2. The largest absolute Gasteiger partial charge is 0.497 e. The molecule has 23 heavy (non-hydrogen) atoms. The number of nitrogens with one attached hydrogen (secondary N) is 2. The van der Waals surface area contributed by atoms with E-state index in [4.69, 9.17) is 32.7 Å². The Labute approximate surface area is 152 Å². The molecule has 1 unspecified atom stereocenters. The second-order valence-corrected chi connectivity index (χ2v) is 6.24. The van der Waals surface area contributed by atoms with Gasteiger partial charge in [-0.3, -0.25) is 0 Å². The molecule has 5 nitrogen and oxygen atoms in total. The van der Waals surface area contributed by atoms with Crippen LogP contribution in [0.15, 0.2) is 40.9 Å². The van der Waals surface area contributed by atoms with Crippen molar-refractivity contribution in [2.45, 2.75) is 13.0 Å². The van der Waals surface area contributed by atoms with Crippen LogP contribution in [0.4, 0.5) is 0 Å². The monoisotopic (exact) mass is 420 g/mol. The lowest BCUT2D eigenvalue weighted by atomic mass is 10.2. The lowest BCUT2D eigenvalue weighted by Gasteiger charge is -2.17. The summed E-state index contributed by atoms with van der Waals surface area (Å²) in [4.78, 5) is 0. The Balaban J connectivity index is 1.84. The van der Waals surface area contributed by atoms with Gasteiger partial charge in [0.05, 0.1) is 17.2 Å². The number of aliphatic hydroxyl groups is 1. The Morgan fingerprint density at radius 3 is 2.35 bits per heavy atom. The zero-order valence-electron chi connectivity index (χ0n) is 12.1. The topological polar surface area (TPSA) is 62.8 Å². The zero-order valence-corrected chi connectivity index (χ0v) is 15.2. The molecular formula is C15H15BrCl2N2O3. The maximum atomic E-state index is 9.84. The average Bonchev–Trinajstić information content (AvgIpc) is 2.51. The van der Waals surface area contributed by atoms with Gasteiger partial charge in [-0.1, -0.05) is 51.3 Å². The first-order valence-corrected chi connectivity index (χ1v) is 8.15. The summed E-state index contributed by atoms with van der Waals surface area (Å²) in [5.41, 5.74) is 6.45. The average molecular weight is 422 g/mol. The Morgan fingerprint density at radius 2 is 1.78 bits per heavy atom. The summed E-state index contributed by atoms with van der Waals surface area (Å²) in [6, 6.07) is 10.8. The van der Waals surface area contributed by atoms with Gasteiger partial charge in [-0.25, -0.2) is 5.43 Å². The molecule has 2 aromatic rings. The summed E-state index contributed by atoms with van der Waals surface area (Å²) in [5, 5.41) is 10.4. The van der Waals surface area contributed by atoms with Crippen LogP contribution in [0.2, 0.25) is 10.0 Å². The van der Waals surface area contributed by atoms with E-state index < -0.39 is 6.41 Å². The van der Waals surface area contributed by atoms with Crippen molar-refractivity contribution in [2.24, 2.45) is 0 Å². The van der Waals surface area contributed by atoms with E-state index in [9.17, 15) is 5.11 Å². The third-order valence-electron chi connectivity index (χ3n) is 2.87. The molecule has 1 atom stereocenters. The van der Waals surface area contributed by atoms with Crippen LogP contribution in [0.5, 0.6) is 11.5 Å². The number of benzene rings is 2. The highest BCUT2D eigenvalue weighted by Crippen LogP contribution is 2.36. The van der Waals surface area contributed by atoms with Crippen LogP contribution < -0.4 is 20.3 Å². The van der Waals surface area contributed by atoms with Gasteiger partial charge < -0.3 is 14.6 Å². The molecule has 0 aliphatic carbocycles. The molecule has 0 saturated carbocycles. The number of hydrogen-bond acceptors (Lipinski definition) is 5. The lowest BCUT2D eigenvalue weighted by molar-refractivity contribution is -0.0548. The normalized spacial score (nSPS) is 12.0. The van der Waals surface area contributed by atoms with Gasteiger partial charge in [0.15, 0.2) is 5.75 Å². The number of aliphatic hydroxyl groups excluding tert-OH is 1. The van der Waals surface area contributed by atoms with E-state index in [1.165, 1.54) is 0 Å². The van der Waals surface area contributed by atoms with E-state index >= 15 is 0 Å². The molecule has 2 rings (SSSR count). The van der Waals surface area contributed by atoms with Gasteiger partial charge in [0.1, 0.15) is 5.75 Å². The van der Waals surface area contributed by atoms with Crippen LogP contribution in [0.1, 0.15) is 5.56 Å². The van der Waals surface area contributed by atoms with Gasteiger partial charge >= 0.3 is 0 Å². The van der Waals surface area contributed by atoms with Crippen molar-refractivity contribution < 1.29 is 14.6 Å². The van der Waals surface area contributed by atoms with Crippen LogP contribution in [-0.2, 0) is 6.54 Å². The first-order valence-electron chi connectivity index (χ1n) is 6.60. The van der Waals surface area contributed by atoms with Crippen molar-refractivity contribution in [2.75, 3.05) is 7.11 Å². The molecule has 0 aliphatic rings. The van der Waals surface area contributed by atoms with E-state index in [0.29, 0.717) is 16.6 Å². The van der Waals surface area contributed by atoms with E-state index in [1.54, 1.807) is 19.2 Å². The summed E-state index contributed by atoms with van der Waals surface area (Å²) < 4.78 is 11.1. The smallest absolute Gasteiger partial charge is 0.269 e. The van der Waals surface area contributed by atoms with E-state index in [2.05, 4.69) is 26.8 Å². The summed E-state index contributed by atoms with van der Waals surface area (Å²) >= 11 is 15.3.